The number of hydrogen-bond acceptors (Lipinski definition) is 5. The molecule has 0 aromatic carbocycles. The lowest BCUT2D eigenvalue weighted by molar-refractivity contribution is -0.140. The fourth-order valence-electron chi connectivity index (χ4n) is 2.45. The van der Waals surface area contributed by atoms with Crippen LogP contribution in [0.15, 0.2) is 0 Å². The number of nitrogens with zero attached hydrogens (tertiary/aromatic N) is 1. The Hall–Kier alpha value is -1.30. The highest BCUT2D eigenvalue weighted by molar-refractivity contribution is 5.69. The minimum atomic E-state index is -0.487. The summed E-state index contributed by atoms with van der Waals surface area (Å²) in [5.74, 6) is -0.177. The summed E-state index contributed by atoms with van der Waals surface area (Å²) in [5.41, 5.74) is -0.757. The summed E-state index contributed by atoms with van der Waals surface area (Å²) in [6.07, 6.45) is 1.71. The lowest BCUT2D eigenvalue weighted by atomic mass is 10.0. The van der Waals surface area contributed by atoms with E-state index in [-0.39, 0.29) is 17.6 Å². The number of methoxy groups -OCH3 is 1. The quantitative estimate of drug-likeness (QED) is 0.786. The molecule has 0 unspecified atom stereocenters. The molecule has 0 saturated carbocycles. The summed E-state index contributed by atoms with van der Waals surface area (Å²) in [7, 11) is 1.40. The van der Waals surface area contributed by atoms with Gasteiger partial charge in [-0.3, -0.25) is 4.79 Å². The van der Waals surface area contributed by atoms with Crippen LogP contribution < -0.4 is 5.32 Å². The van der Waals surface area contributed by atoms with Crippen molar-refractivity contribution < 1.29 is 19.1 Å². The molecule has 1 aliphatic heterocycles. The van der Waals surface area contributed by atoms with Crippen molar-refractivity contribution in [2.24, 2.45) is 0 Å². The molecule has 1 saturated heterocycles. The van der Waals surface area contributed by atoms with E-state index < -0.39 is 5.60 Å². The topological polar surface area (TPSA) is 67.9 Å². The summed E-state index contributed by atoms with van der Waals surface area (Å²) in [5, 5.41) is 2.96. The molecule has 0 bridgehead atoms. The van der Waals surface area contributed by atoms with E-state index in [2.05, 4.69) is 15.0 Å². The molecule has 1 heterocycles. The number of rotatable bonds is 5. The van der Waals surface area contributed by atoms with Gasteiger partial charge in [0.2, 0.25) is 0 Å². The fraction of sp³-hybridized carbons (Fsp3) is 0.867. The summed E-state index contributed by atoms with van der Waals surface area (Å²) in [6.45, 7) is 10.1. The molecule has 1 atom stereocenters. The van der Waals surface area contributed by atoms with Crippen molar-refractivity contribution in [3.8, 4) is 0 Å². The van der Waals surface area contributed by atoms with Gasteiger partial charge in [0.15, 0.2) is 0 Å². The second-order valence-electron chi connectivity index (χ2n) is 6.89. The average molecular weight is 300 g/mol. The van der Waals surface area contributed by atoms with Gasteiger partial charge >= 0.3 is 12.1 Å². The van der Waals surface area contributed by atoms with Gasteiger partial charge in [-0.05, 0) is 47.1 Å². The van der Waals surface area contributed by atoms with Crippen LogP contribution in [-0.2, 0) is 14.3 Å². The predicted octanol–water partition coefficient (Wildman–Crippen LogP) is 1.93. The molecular weight excluding hydrogens is 272 g/mol. The van der Waals surface area contributed by atoms with Crippen molar-refractivity contribution in [3.05, 3.63) is 0 Å². The number of ether oxygens (including phenoxy) is 2. The monoisotopic (exact) mass is 300 g/mol. The standard InChI is InChI=1S/C15H28N2O4/c1-14(2,3)21-13(19)16-15(4)8-10-17(11-15)9-6-7-12(18)20-5/h6-11H2,1-5H3,(H,16,19)/t15-/m1/s1. The molecule has 0 spiro atoms. The van der Waals surface area contributed by atoms with Gasteiger partial charge in [-0.25, -0.2) is 4.79 Å². The van der Waals surface area contributed by atoms with E-state index in [4.69, 9.17) is 4.74 Å². The largest absolute Gasteiger partial charge is 0.469 e. The van der Waals surface area contributed by atoms with Crippen molar-refractivity contribution in [3.63, 3.8) is 0 Å². The van der Waals surface area contributed by atoms with Crippen LogP contribution in [0.3, 0.4) is 0 Å². The van der Waals surface area contributed by atoms with E-state index in [1.54, 1.807) is 0 Å². The Bertz CT molecular complexity index is 378. The molecule has 21 heavy (non-hydrogen) atoms. The van der Waals surface area contributed by atoms with E-state index >= 15 is 0 Å². The highest BCUT2D eigenvalue weighted by Crippen LogP contribution is 2.22. The van der Waals surface area contributed by atoms with Gasteiger partial charge in [-0.2, -0.15) is 0 Å². The first-order valence-corrected chi connectivity index (χ1v) is 7.44. The van der Waals surface area contributed by atoms with Crippen molar-refractivity contribution in [2.45, 2.75) is 58.1 Å². The lowest BCUT2D eigenvalue weighted by Crippen LogP contribution is -2.49. The number of nitrogens with one attached hydrogen (secondary N) is 1. The molecule has 122 valence electrons. The van der Waals surface area contributed by atoms with Gasteiger partial charge in [0.05, 0.1) is 12.6 Å². The molecular formula is C15H28N2O4. The number of hydrogen-bond donors (Lipinski definition) is 1. The van der Waals surface area contributed by atoms with Crippen LogP contribution in [0.4, 0.5) is 4.79 Å². The van der Waals surface area contributed by atoms with Gasteiger partial charge in [0.1, 0.15) is 5.60 Å². The van der Waals surface area contributed by atoms with Crippen molar-refractivity contribution >= 4 is 12.1 Å². The first-order valence-electron chi connectivity index (χ1n) is 7.44. The van der Waals surface area contributed by atoms with Gasteiger partial charge in [0, 0.05) is 19.5 Å². The van der Waals surface area contributed by atoms with Crippen molar-refractivity contribution in [2.75, 3.05) is 26.7 Å². The zero-order valence-electron chi connectivity index (χ0n) is 13.8. The predicted molar refractivity (Wildman–Crippen MR) is 80.1 cm³/mol. The van der Waals surface area contributed by atoms with Crippen LogP contribution in [0.25, 0.3) is 0 Å². The fourth-order valence-corrected chi connectivity index (χ4v) is 2.45. The molecule has 1 fully saturated rings. The summed E-state index contributed by atoms with van der Waals surface area (Å²) in [6, 6.07) is 0. The number of carbonyl (C=O) groups is 2. The van der Waals surface area contributed by atoms with Crippen LogP contribution in [-0.4, -0.2) is 54.8 Å². The van der Waals surface area contributed by atoms with Gasteiger partial charge in [-0.1, -0.05) is 0 Å². The maximum Gasteiger partial charge on any atom is 0.408 e. The Morgan fingerprint density at radius 1 is 1.33 bits per heavy atom. The molecule has 6 heteroatoms. The van der Waals surface area contributed by atoms with E-state index in [0.717, 1.165) is 32.5 Å². The molecule has 0 aromatic heterocycles. The maximum atomic E-state index is 11.9. The third-order valence-electron chi connectivity index (χ3n) is 3.44. The highest BCUT2D eigenvalue weighted by atomic mass is 16.6. The number of esters is 1. The summed E-state index contributed by atoms with van der Waals surface area (Å²) >= 11 is 0. The number of carbonyl (C=O) groups excluding carboxylic acids is 2. The van der Waals surface area contributed by atoms with Gasteiger partial charge < -0.3 is 19.7 Å². The molecule has 1 aliphatic rings. The van der Waals surface area contributed by atoms with Gasteiger partial charge in [0.25, 0.3) is 0 Å². The Morgan fingerprint density at radius 2 is 2.00 bits per heavy atom. The lowest BCUT2D eigenvalue weighted by Gasteiger charge is -2.28. The minimum absolute atomic E-state index is 0.177. The normalized spacial score (nSPS) is 22.9. The molecule has 1 N–H and O–H groups in total. The Morgan fingerprint density at radius 3 is 2.57 bits per heavy atom. The van der Waals surface area contributed by atoms with E-state index in [0.29, 0.717) is 6.42 Å². The van der Waals surface area contributed by atoms with Crippen LogP contribution in [0.1, 0.15) is 47.0 Å². The third-order valence-corrected chi connectivity index (χ3v) is 3.44. The molecule has 0 radical (unpaired) electrons. The molecule has 1 amide bonds. The Balaban J connectivity index is 2.34. The van der Waals surface area contributed by atoms with E-state index in [9.17, 15) is 9.59 Å². The SMILES string of the molecule is COC(=O)CCCN1CC[C@@](C)(NC(=O)OC(C)(C)C)C1. The van der Waals surface area contributed by atoms with E-state index in [1.807, 2.05) is 27.7 Å². The molecule has 1 rings (SSSR count). The van der Waals surface area contributed by atoms with E-state index in [1.165, 1.54) is 7.11 Å². The first-order chi connectivity index (χ1) is 9.63. The third kappa shape index (κ3) is 6.80. The van der Waals surface area contributed by atoms with Crippen LogP contribution in [0.2, 0.25) is 0 Å². The van der Waals surface area contributed by atoms with Crippen molar-refractivity contribution in [1.82, 2.24) is 10.2 Å². The number of alkyl carbamates (subject to hydrolysis) is 1. The minimum Gasteiger partial charge on any atom is -0.469 e. The molecule has 6 nitrogen and oxygen atoms in total. The first kappa shape index (κ1) is 17.8. The summed E-state index contributed by atoms with van der Waals surface area (Å²) in [4.78, 5) is 25.2. The smallest absolute Gasteiger partial charge is 0.408 e. The zero-order valence-corrected chi connectivity index (χ0v) is 13.8. The average Bonchev–Trinajstić information content (AvgIpc) is 2.67. The second kappa shape index (κ2) is 7.11. The Kier molecular flexibility index (Phi) is 6.01. The van der Waals surface area contributed by atoms with Crippen LogP contribution in [0, 0.1) is 0 Å². The number of likely N-dealkylation sites (tertiary alicyclic amines) is 1. The van der Waals surface area contributed by atoms with Gasteiger partial charge in [-0.15, -0.1) is 0 Å². The zero-order chi connectivity index (χ0) is 16.1. The van der Waals surface area contributed by atoms with Crippen LogP contribution in [0.5, 0.6) is 0 Å². The highest BCUT2D eigenvalue weighted by Gasteiger charge is 2.36. The molecule has 0 aliphatic carbocycles. The van der Waals surface area contributed by atoms with Crippen molar-refractivity contribution in [1.29, 1.82) is 0 Å². The second-order valence-corrected chi connectivity index (χ2v) is 6.89. The number of amides is 1. The molecule has 0 aromatic rings. The maximum absolute atomic E-state index is 11.9. The van der Waals surface area contributed by atoms with Crippen LogP contribution >= 0.6 is 0 Å². The summed E-state index contributed by atoms with van der Waals surface area (Å²) < 4.78 is 9.92. The Labute approximate surface area is 127 Å².